The molecule has 7 heteroatoms. The van der Waals surface area contributed by atoms with Crippen molar-refractivity contribution >= 4 is 33.0 Å². The number of fused-ring (bicyclic) bond motifs is 1. The first-order valence-corrected chi connectivity index (χ1v) is 11.4. The Morgan fingerprint density at radius 1 is 1.10 bits per heavy atom. The number of benzene rings is 2. The summed E-state index contributed by atoms with van der Waals surface area (Å²) in [6, 6.07) is 16.3. The molecule has 0 bridgehead atoms. The molecule has 0 saturated carbocycles. The quantitative estimate of drug-likeness (QED) is 0.487. The van der Waals surface area contributed by atoms with Crippen LogP contribution < -0.4 is 10.6 Å². The van der Waals surface area contributed by atoms with Gasteiger partial charge in [0.1, 0.15) is 0 Å². The highest BCUT2D eigenvalue weighted by Gasteiger charge is 2.14. The number of carbonyl (C=O) groups is 1. The van der Waals surface area contributed by atoms with E-state index < -0.39 is 0 Å². The Balaban J connectivity index is 1.25. The van der Waals surface area contributed by atoms with Crippen LogP contribution in [0, 0.1) is 0 Å². The summed E-state index contributed by atoms with van der Waals surface area (Å²) in [5.41, 5.74) is 3.88. The van der Waals surface area contributed by atoms with Crippen LogP contribution >= 0.6 is 11.3 Å². The van der Waals surface area contributed by atoms with Crippen LogP contribution in [-0.4, -0.2) is 46.8 Å². The van der Waals surface area contributed by atoms with E-state index in [-0.39, 0.29) is 5.91 Å². The van der Waals surface area contributed by atoms with Gasteiger partial charge in [0.15, 0.2) is 0 Å². The number of aromatic nitrogens is 2. The van der Waals surface area contributed by atoms with Crippen molar-refractivity contribution in [3.63, 3.8) is 0 Å². The predicted octanol–water partition coefficient (Wildman–Crippen LogP) is 3.80. The van der Waals surface area contributed by atoms with Gasteiger partial charge in [-0.25, -0.2) is 0 Å². The summed E-state index contributed by atoms with van der Waals surface area (Å²) in [6.45, 7) is 5.91. The zero-order valence-electron chi connectivity index (χ0n) is 17.3. The van der Waals surface area contributed by atoms with Gasteiger partial charge in [-0.2, -0.15) is 5.10 Å². The summed E-state index contributed by atoms with van der Waals surface area (Å²) < 4.78 is 2.98. The van der Waals surface area contributed by atoms with Crippen LogP contribution in [0.1, 0.15) is 21.5 Å². The zero-order valence-corrected chi connectivity index (χ0v) is 18.1. The van der Waals surface area contributed by atoms with Gasteiger partial charge in [0.05, 0.1) is 18.3 Å². The molecule has 4 aromatic rings. The van der Waals surface area contributed by atoms with Gasteiger partial charge in [0.2, 0.25) is 0 Å². The lowest BCUT2D eigenvalue weighted by Gasteiger charge is -2.26. The number of hydrogen-bond acceptors (Lipinski definition) is 5. The van der Waals surface area contributed by atoms with Crippen LogP contribution in [0.3, 0.4) is 0 Å². The molecular weight excluding hydrogens is 406 g/mol. The van der Waals surface area contributed by atoms with E-state index in [4.69, 9.17) is 0 Å². The first kappa shape index (κ1) is 19.9. The first-order valence-electron chi connectivity index (χ1n) is 10.6. The maximum atomic E-state index is 12.7. The van der Waals surface area contributed by atoms with Crippen molar-refractivity contribution in [1.82, 2.24) is 20.0 Å². The second kappa shape index (κ2) is 9.01. The lowest BCUT2D eigenvalue weighted by molar-refractivity contribution is 0.102. The van der Waals surface area contributed by atoms with E-state index in [1.54, 1.807) is 28.4 Å². The second-order valence-corrected chi connectivity index (χ2v) is 8.78. The highest BCUT2D eigenvalue weighted by Crippen LogP contribution is 2.30. The molecule has 6 nitrogen and oxygen atoms in total. The van der Waals surface area contributed by atoms with E-state index in [1.165, 1.54) is 15.6 Å². The van der Waals surface area contributed by atoms with Crippen molar-refractivity contribution < 1.29 is 4.79 Å². The number of piperazine rings is 1. The highest BCUT2D eigenvalue weighted by atomic mass is 32.1. The van der Waals surface area contributed by atoms with E-state index in [0.29, 0.717) is 12.1 Å². The van der Waals surface area contributed by atoms with Crippen molar-refractivity contribution in [2.45, 2.75) is 13.1 Å². The Kier molecular flexibility index (Phi) is 5.80. The molecule has 1 saturated heterocycles. The Morgan fingerprint density at radius 3 is 2.77 bits per heavy atom. The normalized spacial score (nSPS) is 14.7. The molecule has 1 aliphatic heterocycles. The van der Waals surface area contributed by atoms with E-state index in [0.717, 1.165) is 44.0 Å². The molecule has 0 atom stereocenters. The first-order chi connectivity index (χ1) is 15.2. The largest absolute Gasteiger partial charge is 0.322 e. The third kappa shape index (κ3) is 4.69. The number of thiophene rings is 1. The summed E-state index contributed by atoms with van der Waals surface area (Å²) in [7, 11) is 0. The Morgan fingerprint density at radius 2 is 1.94 bits per heavy atom. The number of amides is 1. The van der Waals surface area contributed by atoms with Crippen molar-refractivity contribution in [2.75, 3.05) is 31.5 Å². The van der Waals surface area contributed by atoms with E-state index in [2.05, 4.69) is 38.1 Å². The highest BCUT2D eigenvalue weighted by molar-refractivity contribution is 7.17. The van der Waals surface area contributed by atoms with E-state index >= 15 is 0 Å². The minimum Gasteiger partial charge on any atom is -0.322 e. The molecular formula is C24H25N5OS. The maximum absolute atomic E-state index is 12.7. The smallest absolute Gasteiger partial charge is 0.258 e. The van der Waals surface area contributed by atoms with Crippen molar-refractivity contribution in [3.8, 4) is 0 Å². The minimum atomic E-state index is -0.142. The third-order valence-corrected chi connectivity index (χ3v) is 6.59. The average molecular weight is 432 g/mol. The van der Waals surface area contributed by atoms with E-state index in [1.807, 2.05) is 36.4 Å². The van der Waals surface area contributed by atoms with E-state index in [9.17, 15) is 4.79 Å². The number of rotatable bonds is 6. The molecule has 0 unspecified atom stereocenters. The van der Waals surface area contributed by atoms with Crippen LogP contribution in [0.15, 0.2) is 66.3 Å². The molecule has 1 aliphatic rings. The number of nitrogens with one attached hydrogen (secondary N) is 2. The molecule has 2 aromatic carbocycles. The number of nitrogens with zero attached hydrogens (tertiary/aromatic N) is 3. The lowest BCUT2D eigenvalue weighted by atomic mass is 10.1. The molecule has 2 aromatic heterocycles. The summed E-state index contributed by atoms with van der Waals surface area (Å²) in [6.07, 6.45) is 3.41. The van der Waals surface area contributed by atoms with Gasteiger partial charge in [-0.15, -0.1) is 11.3 Å². The number of carbonyl (C=O) groups excluding carboxylic acids is 1. The molecule has 0 radical (unpaired) electrons. The topological polar surface area (TPSA) is 62.2 Å². The Bertz CT molecular complexity index is 1180. The fourth-order valence-corrected chi connectivity index (χ4v) is 4.93. The van der Waals surface area contributed by atoms with Gasteiger partial charge in [0, 0.05) is 49.3 Å². The van der Waals surface area contributed by atoms with Gasteiger partial charge in [0.25, 0.3) is 5.91 Å². The molecule has 1 amide bonds. The zero-order chi connectivity index (χ0) is 21.0. The predicted molar refractivity (Wildman–Crippen MR) is 126 cm³/mol. The van der Waals surface area contributed by atoms with Crippen molar-refractivity contribution in [2.24, 2.45) is 0 Å². The van der Waals surface area contributed by atoms with Crippen LogP contribution in [0.25, 0.3) is 10.1 Å². The number of hydrogen-bond donors (Lipinski definition) is 2. The molecule has 3 heterocycles. The van der Waals surface area contributed by atoms with Gasteiger partial charge in [-0.05, 0) is 34.0 Å². The summed E-state index contributed by atoms with van der Waals surface area (Å²) in [5.74, 6) is -0.142. The van der Waals surface area contributed by atoms with Crippen LogP contribution in [0.4, 0.5) is 5.69 Å². The molecule has 1 fully saturated rings. The maximum Gasteiger partial charge on any atom is 0.258 e. The third-order valence-electron chi connectivity index (χ3n) is 5.60. The fourth-order valence-electron chi connectivity index (χ4n) is 3.93. The average Bonchev–Trinajstić information content (AvgIpc) is 3.42. The molecule has 31 heavy (non-hydrogen) atoms. The summed E-state index contributed by atoms with van der Waals surface area (Å²) in [5, 5.41) is 14.3. The molecule has 0 aliphatic carbocycles. The Hall–Kier alpha value is -3.00. The van der Waals surface area contributed by atoms with Crippen LogP contribution in [0.5, 0.6) is 0 Å². The van der Waals surface area contributed by atoms with Gasteiger partial charge in [-0.1, -0.05) is 36.4 Å². The fraction of sp³-hybridized carbons (Fsp3) is 0.250. The second-order valence-electron chi connectivity index (χ2n) is 7.86. The summed E-state index contributed by atoms with van der Waals surface area (Å²) in [4.78, 5) is 15.2. The summed E-state index contributed by atoms with van der Waals surface area (Å²) >= 11 is 1.73. The SMILES string of the molecule is O=C(Nc1ccc2c(CN3CCNCC3)csc2c1)c1cnn(Cc2ccccc2)c1. The molecule has 5 rings (SSSR count). The van der Waals surface area contributed by atoms with Crippen LogP contribution in [-0.2, 0) is 13.1 Å². The molecule has 158 valence electrons. The minimum absolute atomic E-state index is 0.142. The molecule has 0 spiro atoms. The Labute approximate surface area is 185 Å². The van der Waals surface area contributed by atoms with Gasteiger partial charge in [-0.3, -0.25) is 14.4 Å². The monoisotopic (exact) mass is 431 g/mol. The lowest BCUT2D eigenvalue weighted by Crippen LogP contribution is -2.42. The van der Waals surface area contributed by atoms with Gasteiger partial charge >= 0.3 is 0 Å². The van der Waals surface area contributed by atoms with Crippen molar-refractivity contribution in [1.29, 1.82) is 0 Å². The van der Waals surface area contributed by atoms with Crippen LogP contribution in [0.2, 0.25) is 0 Å². The standard InChI is InChI=1S/C24H25N5OS/c30-24(19-13-26-29(16-19)14-18-4-2-1-3-5-18)27-21-6-7-22-20(17-31-23(22)12-21)15-28-10-8-25-9-11-28/h1-7,12-13,16-17,25H,8-11,14-15H2,(H,27,30). The number of anilines is 1. The molecule has 2 N–H and O–H groups in total. The van der Waals surface area contributed by atoms with Gasteiger partial charge < -0.3 is 10.6 Å². The van der Waals surface area contributed by atoms with Crippen molar-refractivity contribution in [3.05, 3.63) is 83.0 Å².